The van der Waals surface area contributed by atoms with E-state index in [4.69, 9.17) is 14.2 Å². The summed E-state index contributed by atoms with van der Waals surface area (Å²) in [6.45, 7) is 7.75. The zero-order chi connectivity index (χ0) is 19.1. The molecule has 26 heavy (non-hydrogen) atoms. The van der Waals surface area contributed by atoms with E-state index in [-0.39, 0.29) is 0 Å². The summed E-state index contributed by atoms with van der Waals surface area (Å²) in [5, 5.41) is 0. The van der Waals surface area contributed by atoms with Crippen molar-refractivity contribution in [2.24, 2.45) is 0 Å². The van der Waals surface area contributed by atoms with Crippen LogP contribution < -0.4 is 4.74 Å². The first kappa shape index (κ1) is 20.5. The van der Waals surface area contributed by atoms with Gasteiger partial charge in [-0.3, -0.25) is 0 Å². The zero-order valence-electron chi connectivity index (χ0n) is 17.1. The number of hydrogen-bond acceptors (Lipinski definition) is 3. The van der Waals surface area contributed by atoms with Gasteiger partial charge in [0, 0.05) is 25.3 Å². The van der Waals surface area contributed by atoms with Crippen LogP contribution in [0.1, 0.15) is 52.8 Å². The van der Waals surface area contributed by atoms with Crippen molar-refractivity contribution in [2.45, 2.75) is 53.2 Å². The Morgan fingerprint density at radius 3 is 1.46 bits per heavy atom. The van der Waals surface area contributed by atoms with Gasteiger partial charge in [0.05, 0.1) is 20.3 Å². The van der Waals surface area contributed by atoms with E-state index in [1.54, 1.807) is 21.3 Å². The van der Waals surface area contributed by atoms with Crippen LogP contribution in [0, 0.1) is 6.92 Å². The van der Waals surface area contributed by atoms with E-state index in [0.717, 1.165) is 36.1 Å². The van der Waals surface area contributed by atoms with Gasteiger partial charge in [0.15, 0.2) is 0 Å². The van der Waals surface area contributed by atoms with Crippen LogP contribution in [0.2, 0.25) is 0 Å². The number of methoxy groups -OCH3 is 3. The molecule has 0 aliphatic rings. The summed E-state index contributed by atoms with van der Waals surface area (Å²) >= 11 is 0. The largest absolute Gasteiger partial charge is 0.496 e. The van der Waals surface area contributed by atoms with Gasteiger partial charge in [0.1, 0.15) is 5.75 Å². The molecule has 0 unspecified atom stereocenters. The molecule has 0 radical (unpaired) electrons. The summed E-state index contributed by atoms with van der Waals surface area (Å²) in [5.41, 5.74) is 9.09. The van der Waals surface area contributed by atoms with E-state index in [0.29, 0.717) is 13.2 Å². The summed E-state index contributed by atoms with van der Waals surface area (Å²) in [5.74, 6) is 0.866. The lowest BCUT2D eigenvalue weighted by molar-refractivity contribution is 0.173. The molecule has 2 rings (SSSR count). The predicted octanol–water partition coefficient (Wildman–Crippen LogP) is 5.01. The molecular weight excluding hydrogens is 324 g/mol. The molecule has 142 valence electrons. The van der Waals surface area contributed by atoms with E-state index < -0.39 is 0 Å². The van der Waals surface area contributed by atoms with Crippen molar-refractivity contribution in [1.29, 1.82) is 0 Å². The molecule has 0 aromatic heterocycles. The summed E-state index contributed by atoms with van der Waals surface area (Å²) in [6.07, 6.45) is 3.04. The smallest absolute Gasteiger partial charge is 0.129 e. The highest BCUT2D eigenvalue weighted by Gasteiger charge is 2.13. The number of benzene rings is 2. The van der Waals surface area contributed by atoms with Gasteiger partial charge >= 0.3 is 0 Å². The molecule has 0 bridgehead atoms. The molecule has 2 aromatic carbocycles. The van der Waals surface area contributed by atoms with Gasteiger partial charge < -0.3 is 14.2 Å². The Balaban J connectivity index is 2.45. The minimum absolute atomic E-state index is 0.530. The van der Waals surface area contributed by atoms with Crippen LogP contribution in [0.5, 0.6) is 5.75 Å². The summed E-state index contributed by atoms with van der Waals surface area (Å²) in [7, 11) is 5.13. The maximum absolute atomic E-state index is 5.62. The third-order valence-electron chi connectivity index (χ3n) is 4.96. The highest BCUT2D eigenvalue weighted by Crippen LogP contribution is 2.29. The van der Waals surface area contributed by atoms with E-state index in [1.807, 2.05) is 0 Å². The first-order chi connectivity index (χ1) is 12.6. The first-order valence-corrected chi connectivity index (χ1v) is 9.35. The van der Waals surface area contributed by atoms with Crippen LogP contribution in [-0.2, 0) is 41.9 Å². The maximum Gasteiger partial charge on any atom is 0.129 e. The second-order valence-corrected chi connectivity index (χ2v) is 6.74. The lowest BCUT2D eigenvalue weighted by Crippen LogP contribution is -2.04. The molecule has 0 N–H and O–H groups in total. The van der Waals surface area contributed by atoms with Gasteiger partial charge in [0.25, 0.3) is 0 Å². The lowest BCUT2D eigenvalue weighted by Gasteiger charge is -2.17. The van der Waals surface area contributed by atoms with Gasteiger partial charge in [-0.15, -0.1) is 0 Å². The van der Waals surface area contributed by atoms with Crippen LogP contribution >= 0.6 is 0 Å². The molecule has 0 fully saturated rings. The number of aryl methyl sites for hydroxylation is 2. The fourth-order valence-corrected chi connectivity index (χ4v) is 3.70. The normalized spacial score (nSPS) is 11.0. The van der Waals surface area contributed by atoms with Crippen molar-refractivity contribution in [3.63, 3.8) is 0 Å². The van der Waals surface area contributed by atoms with E-state index in [2.05, 4.69) is 45.0 Å². The van der Waals surface area contributed by atoms with Gasteiger partial charge in [-0.1, -0.05) is 26.0 Å². The minimum atomic E-state index is 0.530. The van der Waals surface area contributed by atoms with Crippen molar-refractivity contribution in [2.75, 3.05) is 21.3 Å². The average molecular weight is 357 g/mol. The molecule has 0 aliphatic carbocycles. The molecule has 2 aromatic rings. The summed E-state index contributed by atoms with van der Waals surface area (Å²) in [6, 6.07) is 9.09. The monoisotopic (exact) mass is 356 g/mol. The molecule has 0 saturated heterocycles. The fourth-order valence-electron chi connectivity index (χ4n) is 3.70. The van der Waals surface area contributed by atoms with Crippen molar-refractivity contribution in [3.05, 3.63) is 63.2 Å². The van der Waals surface area contributed by atoms with Gasteiger partial charge in [-0.05, 0) is 66.1 Å². The van der Waals surface area contributed by atoms with Gasteiger partial charge in [-0.25, -0.2) is 0 Å². The molecule has 0 heterocycles. The average Bonchev–Trinajstić information content (AvgIpc) is 2.63. The second-order valence-electron chi connectivity index (χ2n) is 6.74. The lowest BCUT2D eigenvalue weighted by atomic mass is 9.92. The molecular formula is C23H32O3. The number of rotatable bonds is 9. The molecule has 0 atom stereocenters. The van der Waals surface area contributed by atoms with Crippen LogP contribution in [0.15, 0.2) is 24.3 Å². The van der Waals surface area contributed by atoms with Crippen molar-refractivity contribution in [3.8, 4) is 5.75 Å². The summed E-state index contributed by atoms with van der Waals surface area (Å²) < 4.78 is 16.4. The molecule has 0 amide bonds. The fraction of sp³-hybridized carbons (Fsp3) is 0.478. The Kier molecular flexibility index (Phi) is 7.67. The van der Waals surface area contributed by atoms with Crippen molar-refractivity contribution < 1.29 is 14.2 Å². The van der Waals surface area contributed by atoms with Crippen molar-refractivity contribution in [1.82, 2.24) is 0 Å². The predicted molar refractivity (Wildman–Crippen MR) is 107 cm³/mol. The van der Waals surface area contributed by atoms with E-state index >= 15 is 0 Å². The topological polar surface area (TPSA) is 27.7 Å². The highest BCUT2D eigenvalue weighted by atomic mass is 16.5. The van der Waals surface area contributed by atoms with E-state index in [1.165, 1.54) is 27.8 Å². The zero-order valence-corrected chi connectivity index (χ0v) is 17.1. The molecule has 0 spiro atoms. The van der Waals surface area contributed by atoms with Crippen LogP contribution in [0.3, 0.4) is 0 Å². The third-order valence-corrected chi connectivity index (χ3v) is 4.96. The maximum atomic E-state index is 5.62. The molecule has 3 heteroatoms. The number of ether oxygens (including phenoxy) is 3. The Labute approximate surface area is 158 Å². The Hall–Kier alpha value is -1.84. The van der Waals surface area contributed by atoms with Crippen LogP contribution in [0.4, 0.5) is 0 Å². The van der Waals surface area contributed by atoms with E-state index in [9.17, 15) is 0 Å². The van der Waals surface area contributed by atoms with Crippen molar-refractivity contribution >= 4 is 0 Å². The highest BCUT2D eigenvalue weighted by molar-refractivity contribution is 5.47. The van der Waals surface area contributed by atoms with Gasteiger partial charge in [0.2, 0.25) is 0 Å². The quantitative estimate of drug-likeness (QED) is 0.632. The Morgan fingerprint density at radius 2 is 1.12 bits per heavy atom. The second kappa shape index (κ2) is 9.75. The van der Waals surface area contributed by atoms with Crippen LogP contribution in [-0.4, -0.2) is 21.3 Å². The SMILES string of the molecule is CCc1cc(Cc2cc(COC)c(OC)c(COC)c2)cc(CC)c1C. The Bertz CT molecular complexity index is 682. The number of hydrogen-bond donors (Lipinski definition) is 0. The van der Waals surface area contributed by atoms with Gasteiger partial charge in [-0.2, -0.15) is 0 Å². The standard InChI is InChI=1S/C23H32O3/c1-7-19-10-17(11-20(8-2)16(19)3)9-18-12-21(14-24-4)23(26-6)22(13-18)15-25-5/h10-13H,7-9,14-15H2,1-6H3. The third kappa shape index (κ3) is 4.66. The molecule has 0 aliphatic heterocycles. The molecule has 0 saturated carbocycles. The first-order valence-electron chi connectivity index (χ1n) is 9.35. The Morgan fingerprint density at radius 1 is 0.692 bits per heavy atom. The minimum Gasteiger partial charge on any atom is -0.496 e. The molecule has 3 nitrogen and oxygen atoms in total. The van der Waals surface area contributed by atoms with Crippen LogP contribution in [0.25, 0.3) is 0 Å². The summed E-state index contributed by atoms with van der Waals surface area (Å²) in [4.78, 5) is 0.